The van der Waals surface area contributed by atoms with Crippen LogP contribution in [0.2, 0.25) is 10.0 Å². The monoisotopic (exact) mass is 699 g/mol. The molecule has 1 atom stereocenters. The first-order chi connectivity index (χ1) is 22.5. The molecule has 1 aliphatic rings. The SMILES string of the molecule is CC.CCCCCCCCCCCC(=O)OC(C)OC(=O)N1CCC(NC(=O)/C(N)=C(/C=N)NC=O)CC1.Cc1c(Cl)cccc1Cl. The maximum absolute atomic E-state index is 12.4. The quantitative estimate of drug-likeness (QED) is 0.0328. The Kier molecular flexibility index (Phi) is 24.8. The topological polar surface area (TPSA) is 164 Å². The van der Waals surface area contributed by atoms with Gasteiger partial charge in [-0.1, -0.05) is 101 Å². The molecule has 3 amide bonds. The van der Waals surface area contributed by atoms with Crippen LogP contribution in [0.15, 0.2) is 29.6 Å². The predicted octanol–water partition coefficient (Wildman–Crippen LogP) is 7.41. The number of benzene rings is 1. The molecular formula is C34H55Cl2N5O6. The predicted molar refractivity (Wildman–Crippen MR) is 188 cm³/mol. The van der Waals surface area contributed by atoms with Crippen molar-refractivity contribution in [3.63, 3.8) is 0 Å². The van der Waals surface area contributed by atoms with Crippen molar-refractivity contribution >= 4 is 53.8 Å². The highest BCUT2D eigenvalue weighted by atomic mass is 35.5. The number of piperidine rings is 1. The molecule has 0 bridgehead atoms. The van der Waals surface area contributed by atoms with E-state index >= 15 is 0 Å². The summed E-state index contributed by atoms with van der Waals surface area (Å²) in [5.41, 5.74) is 6.27. The van der Waals surface area contributed by atoms with Crippen molar-refractivity contribution in [1.29, 1.82) is 5.41 Å². The number of ether oxygens (including phenoxy) is 2. The van der Waals surface area contributed by atoms with E-state index in [-0.39, 0.29) is 23.4 Å². The first kappa shape index (κ1) is 43.7. The molecule has 0 saturated carbocycles. The highest BCUT2D eigenvalue weighted by molar-refractivity contribution is 6.35. The van der Waals surface area contributed by atoms with E-state index in [1.165, 1.54) is 50.3 Å². The minimum atomic E-state index is -0.976. The number of hydrogen-bond donors (Lipinski definition) is 4. The Labute approximate surface area is 290 Å². The number of carbonyl (C=O) groups is 4. The Morgan fingerprint density at radius 1 is 1.00 bits per heavy atom. The van der Waals surface area contributed by atoms with E-state index in [4.69, 9.17) is 43.8 Å². The Hall–Kier alpha value is -3.31. The van der Waals surface area contributed by atoms with Crippen LogP contribution in [-0.4, -0.2) is 60.9 Å². The number of rotatable bonds is 17. The van der Waals surface area contributed by atoms with Crippen LogP contribution >= 0.6 is 23.2 Å². The summed E-state index contributed by atoms with van der Waals surface area (Å²) >= 11 is 11.5. The summed E-state index contributed by atoms with van der Waals surface area (Å²) in [6.07, 6.45) is 11.3. The molecule has 266 valence electrons. The molecule has 0 radical (unpaired) electrons. The van der Waals surface area contributed by atoms with E-state index < -0.39 is 18.3 Å². The van der Waals surface area contributed by atoms with Crippen molar-refractivity contribution in [1.82, 2.24) is 15.5 Å². The Bertz CT molecular complexity index is 1110. The highest BCUT2D eigenvalue weighted by Gasteiger charge is 2.27. The molecule has 1 aromatic rings. The van der Waals surface area contributed by atoms with Gasteiger partial charge in [0, 0.05) is 48.7 Å². The van der Waals surface area contributed by atoms with Crippen molar-refractivity contribution in [2.75, 3.05) is 13.1 Å². The molecule has 1 fully saturated rings. The minimum absolute atomic E-state index is 0.0927. The van der Waals surface area contributed by atoms with Gasteiger partial charge in [-0.25, -0.2) is 4.79 Å². The van der Waals surface area contributed by atoms with E-state index in [1.807, 2.05) is 39.0 Å². The van der Waals surface area contributed by atoms with Crippen LogP contribution in [0.1, 0.15) is 110 Å². The zero-order chi connectivity index (χ0) is 35.6. The maximum atomic E-state index is 12.4. The number of unbranched alkanes of at least 4 members (excludes halogenated alkanes) is 8. The van der Waals surface area contributed by atoms with Gasteiger partial charge >= 0.3 is 12.1 Å². The molecule has 0 spiro atoms. The lowest BCUT2D eigenvalue weighted by Gasteiger charge is -2.32. The highest BCUT2D eigenvalue weighted by Crippen LogP contribution is 2.22. The Morgan fingerprint density at radius 3 is 2.02 bits per heavy atom. The lowest BCUT2D eigenvalue weighted by atomic mass is 10.1. The summed E-state index contributed by atoms with van der Waals surface area (Å²) in [5, 5.41) is 13.6. The van der Waals surface area contributed by atoms with E-state index in [0.717, 1.165) is 41.1 Å². The average molecular weight is 701 g/mol. The summed E-state index contributed by atoms with van der Waals surface area (Å²) < 4.78 is 10.4. The van der Waals surface area contributed by atoms with E-state index in [9.17, 15) is 19.2 Å². The zero-order valence-corrected chi connectivity index (χ0v) is 30.2. The van der Waals surface area contributed by atoms with Gasteiger partial charge < -0.3 is 36.2 Å². The smallest absolute Gasteiger partial charge is 0.412 e. The molecular weight excluding hydrogens is 645 g/mol. The van der Waals surface area contributed by atoms with E-state index in [2.05, 4.69) is 17.6 Å². The summed E-state index contributed by atoms with van der Waals surface area (Å²) in [4.78, 5) is 48.6. The second-order valence-electron chi connectivity index (χ2n) is 10.8. The van der Waals surface area contributed by atoms with Crippen LogP contribution < -0.4 is 16.4 Å². The normalized spacial score (nSPS) is 13.7. The zero-order valence-electron chi connectivity index (χ0n) is 28.7. The minimum Gasteiger partial charge on any atom is -0.425 e. The fourth-order valence-electron chi connectivity index (χ4n) is 4.50. The number of nitrogens with zero attached hydrogens (tertiary/aromatic N) is 1. The number of nitrogens with one attached hydrogen (secondary N) is 3. The fourth-order valence-corrected chi connectivity index (χ4v) is 4.90. The van der Waals surface area contributed by atoms with Gasteiger partial charge in [0.15, 0.2) is 0 Å². The van der Waals surface area contributed by atoms with Gasteiger partial charge in [-0.05, 0) is 43.9 Å². The van der Waals surface area contributed by atoms with Gasteiger partial charge in [0.25, 0.3) is 5.91 Å². The molecule has 1 saturated heterocycles. The largest absolute Gasteiger partial charge is 0.425 e. The molecule has 1 unspecified atom stereocenters. The summed E-state index contributed by atoms with van der Waals surface area (Å²) in [7, 11) is 0. The molecule has 11 nitrogen and oxygen atoms in total. The third-order valence-electron chi connectivity index (χ3n) is 7.23. The molecule has 0 aliphatic carbocycles. The van der Waals surface area contributed by atoms with Crippen molar-refractivity contribution in [3.05, 3.63) is 45.2 Å². The standard InChI is InChI=1S/C25H43N5O6.C7H6Cl2.C2H6/c1-3-4-5-6-7-8-9-10-11-12-22(32)35-19(2)36-25(34)30-15-13-20(14-16-30)29-24(33)23(27)21(17-26)28-18-31;1-5-6(8)3-2-4-7(5)9;1-2/h17-20,26H,3-16,27H2,1-2H3,(H,28,31)(H,29,33);2-4H,1H3;1-2H3/b23-21+,26-17?;;. The number of hydrogen-bond acceptors (Lipinski definition) is 8. The van der Waals surface area contributed by atoms with Crippen molar-refractivity contribution < 1.29 is 28.7 Å². The third-order valence-corrected chi connectivity index (χ3v) is 8.05. The molecule has 1 aliphatic heterocycles. The van der Waals surface area contributed by atoms with Crippen LogP contribution in [0.4, 0.5) is 4.79 Å². The number of amides is 3. The van der Waals surface area contributed by atoms with Crippen LogP contribution in [-0.2, 0) is 23.9 Å². The van der Waals surface area contributed by atoms with Crippen molar-refractivity contribution in [2.24, 2.45) is 5.73 Å². The molecule has 1 heterocycles. The van der Waals surface area contributed by atoms with Gasteiger partial charge in [0.1, 0.15) is 5.70 Å². The van der Waals surface area contributed by atoms with Crippen LogP contribution in [0.5, 0.6) is 0 Å². The average Bonchev–Trinajstić information content (AvgIpc) is 3.06. The van der Waals surface area contributed by atoms with Crippen LogP contribution in [0.25, 0.3) is 0 Å². The van der Waals surface area contributed by atoms with Gasteiger partial charge in [-0.3, -0.25) is 14.4 Å². The third kappa shape index (κ3) is 19.2. The lowest BCUT2D eigenvalue weighted by molar-refractivity contribution is -0.166. The first-order valence-electron chi connectivity index (χ1n) is 16.6. The van der Waals surface area contributed by atoms with Gasteiger partial charge in [-0.2, -0.15) is 0 Å². The summed E-state index contributed by atoms with van der Waals surface area (Å²) in [5.74, 6) is -0.977. The molecule has 13 heteroatoms. The van der Waals surface area contributed by atoms with Crippen molar-refractivity contribution in [2.45, 2.75) is 124 Å². The molecule has 2 rings (SSSR count). The summed E-state index contributed by atoms with van der Waals surface area (Å²) in [6, 6.07) is 5.25. The molecule has 1 aromatic carbocycles. The number of nitrogens with two attached hydrogens (primary N) is 1. The number of halogens is 2. The molecule has 5 N–H and O–H groups in total. The maximum Gasteiger partial charge on any atom is 0.412 e. The van der Waals surface area contributed by atoms with Crippen molar-refractivity contribution in [3.8, 4) is 0 Å². The van der Waals surface area contributed by atoms with Gasteiger partial charge in [0.2, 0.25) is 12.7 Å². The van der Waals surface area contributed by atoms with Gasteiger partial charge in [-0.15, -0.1) is 0 Å². The molecule has 47 heavy (non-hydrogen) atoms. The van der Waals surface area contributed by atoms with E-state index in [1.54, 1.807) is 0 Å². The van der Waals surface area contributed by atoms with E-state index in [0.29, 0.717) is 38.8 Å². The fraction of sp³-hybridized carbons (Fsp3) is 0.618. The first-order valence-corrected chi connectivity index (χ1v) is 17.4. The summed E-state index contributed by atoms with van der Waals surface area (Å²) in [6.45, 7) is 10.3. The van der Waals surface area contributed by atoms with Crippen LogP contribution in [0, 0.1) is 12.3 Å². The van der Waals surface area contributed by atoms with Gasteiger partial charge in [0.05, 0.1) is 5.70 Å². The van der Waals surface area contributed by atoms with Crippen LogP contribution in [0.3, 0.4) is 0 Å². The second-order valence-corrected chi connectivity index (χ2v) is 11.6. The Morgan fingerprint density at radius 2 is 1.53 bits per heavy atom. The number of allylic oxidation sites excluding steroid dienone is 1. The Balaban J connectivity index is 0.00000162. The number of likely N-dealkylation sites (tertiary alicyclic amines) is 1. The number of esters is 1. The number of carbonyl (C=O) groups excluding carboxylic acids is 4. The second kappa shape index (κ2) is 26.7. The lowest BCUT2D eigenvalue weighted by Crippen LogP contribution is -2.48. The molecule has 0 aromatic heterocycles.